The van der Waals surface area contributed by atoms with Crippen LogP contribution in [0.2, 0.25) is 0 Å². The second kappa shape index (κ2) is 8.03. The van der Waals surface area contributed by atoms with Gasteiger partial charge in [0.25, 0.3) is 11.2 Å². The van der Waals surface area contributed by atoms with Crippen LogP contribution in [0, 0.1) is 33.8 Å². The van der Waals surface area contributed by atoms with Crippen LogP contribution in [0.1, 0.15) is 44.2 Å². The third-order valence-electron chi connectivity index (χ3n) is 8.42. The Hall–Kier alpha value is -3.49. The Balaban J connectivity index is 1.32. The Bertz CT molecular complexity index is 1300. The van der Waals surface area contributed by atoms with Gasteiger partial charge in [-0.25, -0.2) is 4.90 Å². The summed E-state index contributed by atoms with van der Waals surface area (Å²) >= 11 is 0. The number of hydrogen-bond donors (Lipinski definition) is 0. The van der Waals surface area contributed by atoms with Gasteiger partial charge in [0.2, 0.25) is 11.8 Å². The first-order chi connectivity index (χ1) is 16.8. The summed E-state index contributed by atoms with van der Waals surface area (Å²) < 4.78 is 1.83. The van der Waals surface area contributed by atoms with Crippen molar-refractivity contribution >= 4 is 28.9 Å². The number of piperidine rings is 1. The maximum atomic E-state index is 13.1. The van der Waals surface area contributed by atoms with Crippen molar-refractivity contribution in [3.05, 3.63) is 62.6 Å². The molecule has 0 N–H and O–H groups in total. The van der Waals surface area contributed by atoms with Crippen molar-refractivity contribution in [1.82, 2.24) is 4.57 Å². The van der Waals surface area contributed by atoms with Crippen molar-refractivity contribution in [2.75, 3.05) is 22.9 Å². The Morgan fingerprint density at radius 2 is 1.74 bits per heavy atom. The summed E-state index contributed by atoms with van der Waals surface area (Å²) in [6.07, 6.45) is 3.24. The molecule has 182 valence electrons. The summed E-state index contributed by atoms with van der Waals surface area (Å²) in [5, 5.41) is 12.1. The number of rotatable bonds is 3. The average Bonchev–Trinajstić information content (AvgIpc) is 3.08. The maximum absolute atomic E-state index is 13.1. The van der Waals surface area contributed by atoms with Gasteiger partial charge in [0.15, 0.2) is 0 Å². The molecule has 6 rings (SSSR count). The number of benzene rings is 1. The molecule has 2 saturated heterocycles. The SMILES string of the molecule is C[C@@H]1CC[C@@H]2C(=O)N(c3ccc(N4C[C@H]5C[C@@H](C4)c4cccc(=O)n4C5)c([N+](=O)[O-])c3)C(=O)[C@H]2C1. The number of amides is 2. The van der Waals surface area contributed by atoms with Gasteiger partial charge < -0.3 is 9.47 Å². The summed E-state index contributed by atoms with van der Waals surface area (Å²) in [7, 11) is 0. The van der Waals surface area contributed by atoms with Gasteiger partial charge in [-0.05, 0) is 55.7 Å². The first kappa shape index (κ1) is 22.0. The molecule has 35 heavy (non-hydrogen) atoms. The number of carbonyl (C=O) groups excluding carboxylic acids is 2. The standard InChI is InChI=1S/C26H28N4O5/c1-15-5-7-19-20(9-15)26(33)29(25(19)32)18-6-8-22(23(11-18)30(34)35)27-12-16-10-17(14-27)21-3-2-4-24(31)28(21)13-16/h2-4,6,8,11,15-17,19-20H,5,7,9-10,12-14H2,1H3/t15-,16-,17+,19+,20+/m1/s1. The molecule has 4 heterocycles. The molecule has 2 amide bonds. The van der Waals surface area contributed by atoms with E-state index >= 15 is 0 Å². The van der Waals surface area contributed by atoms with E-state index in [9.17, 15) is 24.5 Å². The number of anilines is 2. The summed E-state index contributed by atoms with van der Waals surface area (Å²) in [5.74, 6) is -0.386. The van der Waals surface area contributed by atoms with E-state index in [2.05, 4.69) is 6.92 Å². The smallest absolute Gasteiger partial charge is 0.294 e. The molecule has 2 bridgehead atoms. The van der Waals surface area contributed by atoms with Gasteiger partial charge >= 0.3 is 0 Å². The van der Waals surface area contributed by atoms with E-state index in [1.54, 1.807) is 24.3 Å². The normalized spacial score (nSPS) is 29.7. The van der Waals surface area contributed by atoms with Crippen LogP contribution in [-0.2, 0) is 16.1 Å². The van der Waals surface area contributed by atoms with E-state index in [1.807, 2.05) is 15.5 Å². The fraction of sp³-hybridized carbons (Fsp3) is 0.500. The van der Waals surface area contributed by atoms with Gasteiger partial charge in [0.05, 0.1) is 22.4 Å². The number of nitro groups is 1. The summed E-state index contributed by atoms with van der Waals surface area (Å²) in [4.78, 5) is 53.5. The number of pyridine rings is 1. The summed E-state index contributed by atoms with van der Waals surface area (Å²) in [5.41, 5.74) is 1.65. The van der Waals surface area contributed by atoms with Gasteiger partial charge in [-0.3, -0.25) is 24.5 Å². The minimum absolute atomic E-state index is 0.00380. The van der Waals surface area contributed by atoms with Crippen LogP contribution in [0.4, 0.5) is 17.1 Å². The third kappa shape index (κ3) is 3.47. The highest BCUT2D eigenvalue weighted by molar-refractivity contribution is 6.22. The van der Waals surface area contributed by atoms with Gasteiger partial charge in [-0.15, -0.1) is 0 Å². The molecule has 1 aromatic carbocycles. The van der Waals surface area contributed by atoms with Crippen molar-refractivity contribution in [3.8, 4) is 0 Å². The van der Waals surface area contributed by atoms with E-state index in [0.29, 0.717) is 44.1 Å². The monoisotopic (exact) mass is 476 g/mol. The number of nitrogens with zero attached hydrogens (tertiary/aromatic N) is 4. The Morgan fingerprint density at radius 1 is 0.943 bits per heavy atom. The molecule has 0 spiro atoms. The topological polar surface area (TPSA) is 106 Å². The molecule has 1 saturated carbocycles. The zero-order valence-corrected chi connectivity index (χ0v) is 19.6. The number of aromatic nitrogens is 1. The number of carbonyl (C=O) groups is 2. The second-order valence-electron chi connectivity index (χ2n) is 10.7. The molecule has 3 aliphatic heterocycles. The molecule has 9 heteroatoms. The van der Waals surface area contributed by atoms with Crippen LogP contribution in [0.3, 0.4) is 0 Å². The molecule has 1 aliphatic carbocycles. The van der Waals surface area contributed by atoms with Crippen LogP contribution in [0.25, 0.3) is 0 Å². The van der Waals surface area contributed by atoms with Crippen LogP contribution in [0.5, 0.6) is 0 Å². The second-order valence-corrected chi connectivity index (χ2v) is 10.7. The quantitative estimate of drug-likeness (QED) is 0.382. The summed E-state index contributed by atoms with van der Waals surface area (Å²) in [6, 6.07) is 10.0. The Labute approximate surface area is 202 Å². The van der Waals surface area contributed by atoms with E-state index < -0.39 is 4.92 Å². The lowest BCUT2D eigenvalue weighted by atomic mass is 9.76. The zero-order valence-electron chi connectivity index (χ0n) is 19.6. The van der Waals surface area contributed by atoms with E-state index in [4.69, 9.17) is 0 Å². The number of imide groups is 1. The van der Waals surface area contributed by atoms with E-state index in [-0.39, 0.29) is 52.4 Å². The van der Waals surface area contributed by atoms with Crippen molar-refractivity contribution in [1.29, 1.82) is 0 Å². The highest BCUT2D eigenvalue weighted by atomic mass is 16.6. The highest BCUT2D eigenvalue weighted by Crippen LogP contribution is 2.45. The first-order valence-corrected chi connectivity index (χ1v) is 12.4. The lowest BCUT2D eigenvalue weighted by molar-refractivity contribution is -0.384. The molecule has 4 aliphatic rings. The maximum Gasteiger partial charge on any atom is 0.294 e. The number of hydrogen-bond acceptors (Lipinski definition) is 6. The minimum atomic E-state index is -0.429. The van der Waals surface area contributed by atoms with Gasteiger partial charge in [0.1, 0.15) is 5.69 Å². The van der Waals surface area contributed by atoms with Crippen LogP contribution in [-0.4, -0.2) is 34.4 Å². The molecule has 2 aromatic rings. The van der Waals surface area contributed by atoms with Crippen molar-refractivity contribution < 1.29 is 14.5 Å². The molecule has 0 unspecified atom stereocenters. The van der Waals surface area contributed by atoms with E-state index in [0.717, 1.165) is 18.5 Å². The molecule has 0 radical (unpaired) electrons. The predicted molar refractivity (Wildman–Crippen MR) is 129 cm³/mol. The van der Waals surface area contributed by atoms with Gasteiger partial charge in [-0.1, -0.05) is 13.0 Å². The Morgan fingerprint density at radius 3 is 2.54 bits per heavy atom. The average molecular weight is 477 g/mol. The van der Waals surface area contributed by atoms with Crippen molar-refractivity contribution in [2.45, 2.75) is 45.1 Å². The van der Waals surface area contributed by atoms with Crippen molar-refractivity contribution in [2.24, 2.45) is 23.7 Å². The fourth-order valence-electron chi connectivity index (χ4n) is 6.80. The Kier molecular flexibility index (Phi) is 5.05. The van der Waals surface area contributed by atoms with Gasteiger partial charge in [-0.2, -0.15) is 0 Å². The molecule has 1 aromatic heterocycles. The molecule has 3 fully saturated rings. The van der Waals surface area contributed by atoms with Crippen LogP contribution >= 0.6 is 0 Å². The third-order valence-corrected chi connectivity index (χ3v) is 8.42. The molecular formula is C26H28N4O5. The molecule has 5 atom stereocenters. The largest absolute Gasteiger partial charge is 0.365 e. The number of fused-ring (bicyclic) bond motifs is 5. The van der Waals surface area contributed by atoms with Crippen molar-refractivity contribution in [3.63, 3.8) is 0 Å². The predicted octanol–water partition coefficient (Wildman–Crippen LogP) is 3.31. The van der Waals surface area contributed by atoms with Gasteiger partial charge in [0, 0.05) is 43.4 Å². The van der Waals surface area contributed by atoms with Crippen LogP contribution < -0.4 is 15.4 Å². The zero-order chi connectivity index (χ0) is 24.4. The summed E-state index contributed by atoms with van der Waals surface area (Å²) in [6.45, 7) is 3.88. The lowest BCUT2D eigenvalue weighted by Crippen LogP contribution is -2.47. The van der Waals surface area contributed by atoms with Crippen LogP contribution in [0.15, 0.2) is 41.2 Å². The lowest BCUT2D eigenvalue weighted by Gasteiger charge is -2.43. The minimum Gasteiger partial charge on any atom is -0.365 e. The fourth-order valence-corrected chi connectivity index (χ4v) is 6.80. The van der Waals surface area contributed by atoms with E-state index in [1.165, 1.54) is 11.0 Å². The number of nitro benzene ring substituents is 1. The molecule has 9 nitrogen and oxygen atoms in total. The molecular weight excluding hydrogens is 448 g/mol. The first-order valence-electron chi connectivity index (χ1n) is 12.4. The highest BCUT2D eigenvalue weighted by Gasteiger charge is 2.50.